The van der Waals surface area contributed by atoms with Gasteiger partial charge in [0, 0.05) is 10.4 Å². The van der Waals surface area contributed by atoms with Gasteiger partial charge >= 0.3 is 0 Å². The summed E-state index contributed by atoms with van der Waals surface area (Å²) in [7, 11) is 0. The highest BCUT2D eigenvalue weighted by Gasteiger charge is 2.06. The van der Waals surface area contributed by atoms with Crippen LogP contribution in [-0.4, -0.2) is 11.6 Å². The van der Waals surface area contributed by atoms with E-state index in [2.05, 4.69) is 23.5 Å². The van der Waals surface area contributed by atoms with Crippen molar-refractivity contribution in [3.8, 4) is 0 Å². The molecule has 0 aliphatic rings. The molecule has 0 aliphatic carbocycles. The average Bonchev–Trinajstić information content (AvgIpc) is 2.94. The van der Waals surface area contributed by atoms with E-state index in [1.54, 1.807) is 11.3 Å². The van der Waals surface area contributed by atoms with Crippen molar-refractivity contribution in [1.82, 2.24) is 5.43 Å². The fourth-order valence-electron chi connectivity index (χ4n) is 1.62. The number of carbonyl (C=O) groups is 1. The van der Waals surface area contributed by atoms with E-state index in [-0.39, 0.29) is 11.7 Å². The van der Waals surface area contributed by atoms with Gasteiger partial charge in [0.15, 0.2) is 0 Å². The van der Waals surface area contributed by atoms with Crippen LogP contribution in [-0.2, 0) is 6.42 Å². The molecule has 2 aromatic rings. The summed E-state index contributed by atoms with van der Waals surface area (Å²) in [5.41, 5.74) is 3.61. The van der Waals surface area contributed by atoms with Crippen molar-refractivity contribution in [3.63, 3.8) is 0 Å². The number of rotatable bonds is 4. The van der Waals surface area contributed by atoms with E-state index >= 15 is 0 Å². The van der Waals surface area contributed by atoms with Gasteiger partial charge < -0.3 is 0 Å². The first kappa shape index (κ1) is 14.4. The van der Waals surface area contributed by atoms with Crippen molar-refractivity contribution in [1.29, 1.82) is 0 Å². The van der Waals surface area contributed by atoms with Crippen LogP contribution in [0.25, 0.3) is 0 Å². The topological polar surface area (TPSA) is 41.5 Å². The summed E-state index contributed by atoms with van der Waals surface area (Å²) in [6.07, 6.45) is 0.986. The Morgan fingerprint density at radius 1 is 1.25 bits per heavy atom. The summed E-state index contributed by atoms with van der Waals surface area (Å²) >= 11 is 1.66. The van der Waals surface area contributed by atoms with Crippen LogP contribution in [0.4, 0.5) is 4.39 Å². The minimum absolute atomic E-state index is 0.350. The highest BCUT2D eigenvalue weighted by Crippen LogP contribution is 2.17. The Labute approximate surface area is 121 Å². The average molecular weight is 290 g/mol. The first-order valence-electron chi connectivity index (χ1n) is 6.29. The molecule has 1 amide bonds. The first-order chi connectivity index (χ1) is 9.60. The number of nitrogens with zero attached hydrogens (tertiary/aromatic N) is 1. The van der Waals surface area contributed by atoms with Crippen molar-refractivity contribution in [2.24, 2.45) is 5.10 Å². The molecule has 1 aromatic heterocycles. The minimum atomic E-state index is -0.369. The number of amides is 1. The van der Waals surface area contributed by atoms with Crippen LogP contribution >= 0.6 is 11.3 Å². The fourth-order valence-corrected chi connectivity index (χ4v) is 2.51. The number of halogens is 1. The predicted octanol–water partition coefficient (Wildman–Crippen LogP) is 3.60. The SMILES string of the molecule is CCc1ccc(C(C)=NNC(=O)c2ccc(F)cc2)s1. The Morgan fingerprint density at radius 3 is 2.55 bits per heavy atom. The Bertz CT molecular complexity index is 632. The van der Waals surface area contributed by atoms with Gasteiger partial charge in [0.05, 0.1) is 10.6 Å². The van der Waals surface area contributed by atoms with Crippen LogP contribution in [0.15, 0.2) is 41.5 Å². The standard InChI is InChI=1S/C15H15FN2OS/c1-3-13-8-9-14(20-13)10(2)17-18-15(19)11-4-6-12(16)7-5-11/h4-9H,3H2,1-2H3,(H,18,19). The van der Waals surface area contributed by atoms with Crippen LogP contribution in [0, 0.1) is 5.82 Å². The van der Waals surface area contributed by atoms with Gasteiger partial charge in [-0.05, 0) is 49.7 Å². The van der Waals surface area contributed by atoms with E-state index in [0.29, 0.717) is 5.56 Å². The van der Waals surface area contributed by atoms with Crippen LogP contribution in [0.2, 0.25) is 0 Å². The molecule has 5 heteroatoms. The van der Waals surface area contributed by atoms with E-state index in [1.807, 2.05) is 13.0 Å². The summed E-state index contributed by atoms with van der Waals surface area (Å²) in [5.74, 6) is -0.719. The molecule has 1 N–H and O–H groups in total. The molecule has 104 valence electrons. The van der Waals surface area contributed by atoms with Crippen LogP contribution in [0.5, 0.6) is 0 Å². The third-order valence-corrected chi connectivity index (χ3v) is 4.14. The number of nitrogens with one attached hydrogen (secondary N) is 1. The molecular formula is C15H15FN2OS. The van der Waals surface area contributed by atoms with E-state index in [9.17, 15) is 9.18 Å². The lowest BCUT2D eigenvalue weighted by molar-refractivity contribution is 0.0955. The molecule has 20 heavy (non-hydrogen) atoms. The maximum Gasteiger partial charge on any atom is 0.271 e. The Hall–Kier alpha value is -2.01. The van der Waals surface area contributed by atoms with Gasteiger partial charge in [-0.25, -0.2) is 9.82 Å². The molecule has 3 nitrogen and oxygen atoms in total. The van der Waals surface area contributed by atoms with Gasteiger partial charge in [0.1, 0.15) is 5.82 Å². The summed E-state index contributed by atoms with van der Waals surface area (Å²) < 4.78 is 12.8. The second kappa shape index (κ2) is 6.43. The number of hydrazone groups is 1. The van der Waals surface area contributed by atoms with Crippen molar-refractivity contribution < 1.29 is 9.18 Å². The van der Waals surface area contributed by atoms with Crippen LogP contribution < -0.4 is 5.43 Å². The lowest BCUT2D eigenvalue weighted by atomic mass is 10.2. The number of carbonyl (C=O) groups excluding carboxylic acids is 1. The maximum atomic E-state index is 12.8. The Balaban J connectivity index is 2.04. The molecular weight excluding hydrogens is 275 g/mol. The number of benzene rings is 1. The highest BCUT2D eigenvalue weighted by atomic mass is 32.1. The summed E-state index contributed by atoms with van der Waals surface area (Å²) in [6.45, 7) is 3.94. The lowest BCUT2D eigenvalue weighted by Crippen LogP contribution is -2.19. The van der Waals surface area contributed by atoms with E-state index in [4.69, 9.17) is 0 Å². The second-order valence-electron chi connectivity index (χ2n) is 4.26. The summed E-state index contributed by atoms with van der Waals surface area (Å²) in [5, 5.41) is 4.07. The van der Waals surface area contributed by atoms with Gasteiger partial charge in [-0.15, -0.1) is 11.3 Å². The van der Waals surface area contributed by atoms with Crippen molar-refractivity contribution >= 4 is 23.0 Å². The molecule has 0 atom stereocenters. The first-order valence-corrected chi connectivity index (χ1v) is 7.11. The van der Waals surface area contributed by atoms with E-state index in [0.717, 1.165) is 17.0 Å². The van der Waals surface area contributed by atoms with Gasteiger partial charge in [0.2, 0.25) is 0 Å². The van der Waals surface area contributed by atoms with Crippen molar-refractivity contribution in [2.45, 2.75) is 20.3 Å². The Morgan fingerprint density at radius 2 is 1.95 bits per heavy atom. The molecule has 1 heterocycles. The van der Waals surface area contributed by atoms with Crippen molar-refractivity contribution in [3.05, 3.63) is 57.5 Å². The predicted molar refractivity (Wildman–Crippen MR) is 79.8 cm³/mol. The van der Waals surface area contributed by atoms with Gasteiger partial charge in [-0.1, -0.05) is 6.92 Å². The largest absolute Gasteiger partial charge is 0.271 e. The zero-order chi connectivity index (χ0) is 14.5. The van der Waals surface area contributed by atoms with E-state index < -0.39 is 0 Å². The minimum Gasteiger partial charge on any atom is -0.267 e. The second-order valence-corrected chi connectivity index (χ2v) is 5.43. The van der Waals surface area contributed by atoms with Crippen LogP contribution in [0.3, 0.4) is 0 Å². The lowest BCUT2D eigenvalue weighted by Gasteiger charge is -2.01. The highest BCUT2D eigenvalue weighted by molar-refractivity contribution is 7.14. The molecule has 0 spiro atoms. The van der Waals surface area contributed by atoms with Gasteiger partial charge in [0.25, 0.3) is 5.91 Å². The normalized spacial score (nSPS) is 11.4. The maximum absolute atomic E-state index is 12.8. The molecule has 0 radical (unpaired) electrons. The quantitative estimate of drug-likeness (QED) is 0.678. The number of hydrogen-bond donors (Lipinski definition) is 1. The number of thiophene rings is 1. The molecule has 0 saturated heterocycles. The summed E-state index contributed by atoms with van der Waals surface area (Å²) in [4.78, 5) is 14.1. The van der Waals surface area contributed by atoms with Crippen LogP contribution in [0.1, 0.15) is 34.0 Å². The monoisotopic (exact) mass is 290 g/mol. The summed E-state index contributed by atoms with van der Waals surface area (Å²) in [6, 6.07) is 9.40. The molecule has 0 bridgehead atoms. The van der Waals surface area contributed by atoms with E-state index in [1.165, 1.54) is 29.1 Å². The third kappa shape index (κ3) is 3.51. The van der Waals surface area contributed by atoms with Crippen molar-refractivity contribution in [2.75, 3.05) is 0 Å². The Kier molecular flexibility index (Phi) is 4.63. The zero-order valence-corrected chi connectivity index (χ0v) is 12.1. The zero-order valence-electron chi connectivity index (χ0n) is 11.3. The number of aryl methyl sites for hydroxylation is 1. The van der Waals surface area contributed by atoms with Gasteiger partial charge in [-0.3, -0.25) is 4.79 Å². The van der Waals surface area contributed by atoms with Gasteiger partial charge in [-0.2, -0.15) is 5.10 Å². The smallest absolute Gasteiger partial charge is 0.267 e. The molecule has 0 fully saturated rings. The molecule has 0 aliphatic heterocycles. The third-order valence-electron chi connectivity index (χ3n) is 2.80. The molecule has 2 rings (SSSR count). The molecule has 0 unspecified atom stereocenters. The fraction of sp³-hybridized carbons (Fsp3) is 0.200. The number of hydrogen-bond acceptors (Lipinski definition) is 3. The molecule has 1 aromatic carbocycles. The molecule has 0 saturated carbocycles.